The summed E-state index contributed by atoms with van der Waals surface area (Å²) in [4.78, 5) is 19.8. The number of aromatic nitrogens is 2. The molecular weight excluding hydrogens is 228 g/mol. The number of hydrogen-bond acceptors (Lipinski definition) is 4. The molecule has 0 fully saturated rings. The third-order valence-electron chi connectivity index (χ3n) is 2.26. The third-order valence-corrected chi connectivity index (χ3v) is 2.26. The van der Waals surface area contributed by atoms with Gasteiger partial charge in [-0.3, -0.25) is 4.79 Å². The van der Waals surface area contributed by atoms with Gasteiger partial charge < -0.3 is 10.6 Å². The Morgan fingerprint density at radius 3 is 2.67 bits per heavy atom. The second-order valence-electron chi connectivity index (χ2n) is 5.22. The molecule has 0 atom stereocenters. The van der Waals surface area contributed by atoms with Crippen molar-refractivity contribution in [1.29, 1.82) is 0 Å². The Bertz CT molecular complexity index is 398. The van der Waals surface area contributed by atoms with Crippen LogP contribution in [0.3, 0.4) is 0 Å². The molecule has 0 aliphatic carbocycles. The Morgan fingerprint density at radius 2 is 2.06 bits per heavy atom. The van der Waals surface area contributed by atoms with E-state index >= 15 is 0 Å². The molecule has 1 aromatic rings. The zero-order chi connectivity index (χ0) is 13.6. The van der Waals surface area contributed by atoms with Gasteiger partial charge >= 0.3 is 0 Å². The minimum atomic E-state index is -0.179. The van der Waals surface area contributed by atoms with Crippen molar-refractivity contribution in [3.05, 3.63) is 18.1 Å². The van der Waals surface area contributed by atoms with Gasteiger partial charge in [0.15, 0.2) is 0 Å². The number of hydrogen-bond donors (Lipinski definition) is 2. The van der Waals surface area contributed by atoms with Crippen molar-refractivity contribution >= 4 is 11.7 Å². The second kappa shape index (κ2) is 6.33. The summed E-state index contributed by atoms with van der Waals surface area (Å²) < 4.78 is 0. The highest BCUT2D eigenvalue weighted by molar-refractivity contribution is 5.77. The normalized spacial score (nSPS) is 11.1. The van der Waals surface area contributed by atoms with Crippen LogP contribution in [0.2, 0.25) is 0 Å². The maximum atomic E-state index is 11.6. The summed E-state index contributed by atoms with van der Waals surface area (Å²) in [6.45, 7) is 8.52. The number of carbonyl (C=O) groups is 1. The summed E-state index contributed by atoms with van der Waals surface area (Å²) in [6.07, 6.45) is 2.85. The fourth-order valence-corrected chi connectivity index (χ4v) is 1.47. The Hall–Kier alpha value is -1.65. The Labute approximate surface area is 108 Å². The van der Waals surface area contributed by atoms with Crippen molar-refractivity contribution in [2.45, 2.75) is 46.1 Å². The minimum absolute atomic E-state index is 0.0415. The number of nitrogens with one attached hydrogen (secondary N) is 2. The van der Waals surface area contributed by atoms with Crippen molar-refractivity contribution < 1.29 is 4.79 Å². The molecular formula is C13H22N4O. The number of anilines is 1. The largest absolute Gasteiger partial charge is 0.369 e. The quantitative estimate of drug-likeness (QED) is 0.835. The smallest absolute Gasteiger partial charge is 0.222 e. The number of aryl methyl sites for hydroxylation is 1. The van der Waals surface area contributed by atoms with Crippen LogP contribution in [0.1, 0.15) is 39.8 Å². The van der Waals surface area contributed by atoms with E-state index in [0.717, 1.165) is 17.9 Å². The van der Waals surface area contributed by atoms with Gasteiger partial charge in [0.1, 0.15) is 12.1 Å². The zero-order valence-electron chi connectivity index (χ0n) is 11.6. The summed E-state index contributed by atoms with van der Waals surface area (Å²) in [5, 5.41) is 6.04. The molecule has 0 radical (unpaired) electrons. The molecule has 1 rings (SSSR count). The van der Waals surface area contributed by atoms with Gasteiger partial charge in [0.2, 0.25) is 5.91 Å². The van der Waals surface area contributed by atoms with Crippen molar-refractivity contribution in [3.63, 3.8) is 0 Å². The minimum Gasteiger partial charge on any atom is -0.369 e. The number of carbonyl (C=O) groups excluding carboxylic acids is 1. The van der Waals surface area contributed by atoms with E-state index < -0.39 is 0 Å². The molecule has 0 aromatic carbocycles. The maximum Gasteiger partial charge on any atom is 0.222 e. The lowest BCUT2D eigenvalue weighted by molar-refractivity contribution is -0.122. The SMILES string of the molecule is CCc1cc(NCCC(=O)NC(C)(C)C)ncn1. The number of amides is 1. The van der Waals surface area contributed by atoms with Gasteiger partial charge in [-0.15, -0.1) is 0 Å². The van der Waals surface area contributed by atoms with Crippen molar-refractivity contribution in [3.8, 4) is 0 Å². The third kappa shape index (κ3) is 5.61. The molecule has 1 amide bonds. The fourth-order valence-electron chi connectivity index (χ4n) is 1.47. The van der Waals surface area contributed by atoms with Crippen LogP contribution in [0.4, 0.5) is 5.82 Å². The molecule has 0 aliphatic rings. The molecule has 2 N–H and O–H groups in total. The first-order valence-corrected chi connectivity index (χ1v) is 6.26. The van der Waals surface area contributed by atoms with E-state index in [2.05, 4.69) is 20.6 Å². The molecule has 0 aliphatic heterocycles. The van der Waals surface area contributed by atoms with Gasteiger partial charge in [-0.05, 0) is 27.2 Å². The van der Waals surface area contributed by atoms with E-state index in [4.69, 9.17) is 0 Å². The lowest BCUT2D eigenvalue weighted by Gasteiger charge is -2.20. The average Bonchev–Trinajstić information content (AvgIpc) is 2.27. The summed E-state index contributed by atoms with van der Waals surface area (Å²) in [5.74, 6) is 0.810. The van der Waals surface area contributed by atoms with Gasteiger partial charge in [-0.2, -0.15) is 0 Å². The van der Waals surface area contributed by atoms with Gasteiger partial charge in [-0.1, -0.05) is 6.92 Å². The maximum absolute atomic E-state index is 11.6. The predicted octanol–water partition coefficient (Wildman–Crippen LogP) is 1.76. The predicted molar refractivity (Wildman–Crippen MR) is 72.4 cm³/mol. The topological polar surface area (TPSA) is 66.9 Å². The Morgan fingerprint density at radius 1 is 1.33 bits per heavy atom. The van der Waals surface area contributed by atoms with Crippen LogP contribution in [0.5, 0.6) is 0 Å². The Kier molecular flexibility index (Phi) is 5.07. The van der Waals surface area contributed by atoms with Crippen LogP contribution in [-0.2, 0) is 11.2 Å². The van der Waals surface area contributed by atoms with Crippen LogP contribution >= 0.6 is 0 Å². The first kappa shape index (κ1) is 14.4. The molecule has 0 bridgehead atoms. The van der Waals surface area contributed by atoms with E-state index in [1.54, 1.807) is 0 Å². The zero-order valence-corrected chi connectivity index (χ0v) is 11.6. The van der Waals surface area contributed by atoms with E-state index in [0.29, 0.717) is 13.0 Å². The Balaban J connectivity index is 2.35. The molecule has 0 unspecified atom stereocenters. The summed E-state index contributed by atoms with van der Waals surface area (Å²) >= 11 is 0. The van der Waals surface area contributed by atoms with Crippen molar-refractivity contribution in [2.75, 3.05) is 11.9 Å². The molecule has 0 saturated carbocycles. The molecule has 100 valence electrons. The number of nitrogens with zero attached hydrogens (tertiary/aromatic N) is 2. The van der Waals surface area contributed by atoms with Crippen LogP contribution in [0.15, 0.2) is 12.4 Å². The van der Waals surface area contributed by atoms with Crippen LogP contribution < -0.4 is 10.6 Å². The van der Waals surface area contributed by atoms with Gasteiger partial charge in [0, 0.05) is 30.3 Å². The standard InChI is InChI=1S/C13H22N4O/c1-5-10-8-11(16-9-15-10)14-7-6-12(18)17-13(2,3)4/h8-9H,5-7H2,1-4H3,(H,17,18)(H,14,15,16). The van der Waals surface area contributed by atoms with Gasteiger partial charge in [-0.25, -0.2) is 9.97 Å². The molecule has 18 heavy (non-hydrogen) atoms. The van der Waals surface area contributed by atoms with Gasteiger partial charge in [0.05, 0.1) is 0 Å². The molecule has 1 aromatic heterocycles. The van der Waals surface area contributed by atoms with E-state index in [1.807, 2.05) is 33.8 Å². The highest BCUT2D eigenvalue weighted by Crippen LogP contribution is 2.04. The molecule has 5 heteroatoms. The molecule has 1 heterocycles. The number of rotatable bonds is 5. The lowest BCUT2D eigenvalue weighted by Crippen LogP contribution is -2.41. The van der Waals surface area contributed by atoms with Crippen molar-refractivity contribution in [2.24, 2.45) is 0 Å². The monoisotopic (exact) mass is 250 g/mol. The van der Waals surface area contributed by atoms with E-state index in [1.165, 1.54) is 6.33 Å². The van der Waals surface area contributed by atoms with Crippen LogP contribution in [-0.4, -0.2) is 28.0 Å². The first-order valence-electron chi connectivity index (χ1n) is 6.26. The highest BCUT2D eigenvalue weighted by atomic mass is 16.1. The summed E-state index contributed by atoms with van der Waals surface area (Å²) in [5.41, 5.74) is 0.813. The molecule has 5 nitrogen and oxygen atoms in total. The summed E-state index contributed by atoms with van der Waals surface area (Å²) in [7, 11) is 0. The molecule has 0 saturated heterocycles. The molecule has 0 spiro atoms. The first-order chi connectivity index (χ1) is 8.40. The van der Waals surface area contributed by atoms with Crippen molar-refractivity contribution in [1.82, 2.24) is 15.3 Å². The lowest BCUT2D eigenvalue weighted by atomic mass is 10.1. The highest BCUT2D eigenvalue weighted by Gasteiger charge is 2.12. The van der Waals surface area contributed by atoms with Crippen LogP contribution in [0.25, 0.3) is 0 Å². The van der Waals surface area contributed by atoms with E-state index in [9.17, 15) is 4.79 Å². The van der Waals surface area contributed by atoms with Gasteiger partial charge in [0.25, 0.3) is 0 Å². The van der Waals surface area contributed by atoms with E-state index in [-0.39, 0.29) is 11.4 Å². The fraction of sp³-hybridized carbons (Fsp3) is 0.615. The van der Waals surface area contributed by atoms with Crippen LogP contribution in [0, 0.1) is 0 Å². The second-order valence-corrected chi connectivity index (χ2v) is 5.22. The average molecular weight is 250 g/mol. The summed E-state index contributed by atoms with van der Waals surface area (Å²) in [6, 6.07) is 1.90.